The average Bonchev–Trinajstić information content (AvgIpc) is 2.52. The maximum atomic E-state index is 14.4. The van der Waals surface area contributed by atoms with Gasteiger partial charge in [0.2, 0.25) is 5.91 Å². The Balaban J connectivity index is 2.55. The van der Waals surface area contributed by atoms with Crippen molar-refractivity contribution in [2.24, 2.45) is 5.73 Å². The standard InChI is InChI=1S/C16H20FN3O2/c1-3-7-20-13-5-4-11(16(18)21)14(15(13)22-2)10-6-8-19-9-12(10)17/h1,4-5,10,12,19-20H,6-9H2,2H3,(H2,18,21). The Kier molecular flexibility index (Phi) is 5.23. The van der Waals surface area contributed by atoms with Gasteiger partial charge in [0, 0.05) is 23.6 Å². The molecule has 22 heavy (non-hydrogen) atoms. The van der Waals surface area contributed by atoms with Gasteiger partial charge in [-0.05, 0) is 25.1 Å². The van der Waals surface area contributed by atoms with E-state index in [2.05, 4.69) is 16.6 Å². The summed E-state index contributed by atoms with van der Waals surface area (Å²) in [6, 6.07) is 3.27. The number of nitrogens with two attached hydrogens (primary N) is 1. The van der Waals surface area contributed by atoms with E-state index in [0.29, 0.717) is 36.5 Å². The normalized spacial score (nSPS) is 21.0. The third-order valence-corrected chi connectivity index (χ3v) is 3.83. The van der Waals surface area contributed by atoms with E-state index in [1.165, 1.54) is 7.11 Å². The summed E-state index contributed by atoms with van der Waals surface area (Å²) in [5.41, 5.74) is 6.89. The second-order valence-electron chi connectivity index (χ2n) is 5.14. The van der Waals surface area contributed by atoms with Crippen LogP contribution in [0.3, 0.4) is 0 Å². The zero-order valence-corrected chi connectivity index (χ0v) is 12.5. The van der Waals surface area contributed by atoms with Crippen molar-refractivity contribution in [3.05, 3.63) is 23.3 Å². The number of amides is 1. The number of terminal acetylenes is 1. The number of benzene rings is 1. The number of piperidine rings is 1. The predicted octanol–water partition coefficient (Wildman–Crippen LogP) is 1.25. The zero-order chi connectivity index (χ0) is 16.1. The molecule has 6 heteroatoms. The lowest BCUT2D eigenvalue weighted by atomic mass is 9.84. The average molecular weight is 305 g/mol. The molecule has 2 rings (SSSR count). The number of methoxy groups -OCH3 is 1. The van der Waals surface area contributed by atoms with Crippen molar-refractivity contribution >= 4 is 11.6 Å². The molecule has 0 aromatic heterocycles. The summed E-state index contributed by atoms with van der Waals surface area (Å²) >= 11 is 0. The van der Waals surface area contributed by atoms with Crippen LogP contribution in [0.1, 0.15) is 28.3 Å². The molecule has 2 unspecified atom stereocenters. The third-order valence-electron chi connectivity index (χ3n) is 3.83. The molecule has 1 saturated heterocycles. The topological polar surface area (TPSA) is 76.4 Å². The quantitative estimate of drug-likeness (QED) is 0.716. The van der Waals surface area contributed by atoms with E-state index in [9.17, 15) is 9.18 Å². The van der Waals surface area contributed by atoms with Crippen LogP contribution in [-0.4, -0.2) is 38.8 Å². The Hall–Kier alpha value is -2.26. The highest BCUT2D eigenvalue weighted by atomic mass is 19.1. The summed E-state index contributed by atoms with van der Waals surface area (Å²) in [7, 11) is 1.49. The lowest BCUT2D eigenvalue weighted by molar-refractivity contribution is 0.0997. The molecule has 1 aromatic rings. The van der Waals surface area contributed by atoms with Crippen molar-refractivity contribution in [1.82, 2.24) is 5.32 Å². The number of primary amides is 1. The van der Waals surface area contributed by atoms with E-state index in [4.69, 9.17) is 16.9 Å². The highest BCUT2D eigenvalue weighted by molar-refractivity contribution is 5.96. The smallest absolute Gasteiger partial charge is 0.249 e. The molecule has 1 amide bonds. The number of rotatable bonds is 5. The highest BCUT2D eigenvalue weighted by Gasteiger charge is 2.32. The maximum absolute atomic E-state index is 14.4. The number of carbonyl (C=O) groups excluding carboxylic acids is 1. The molecule has 1 fully saturated rings. The molecule has 5 nitrogen and oxygen atoms in total. The fraction of sp³-hybridized carbons (Fsp3) is 0.438. The van der Waals surface area contributed by atoms with Gasteiger partial charge in [-0.3, -0.25) is 4.79 Å². The van der Waals surface area contributed by atoms with Crippen LogP contribution in [0.2, 0.25) is 0 Å². The van der Waals surface area contributed by atoms with Gasteiger partial charge in [-0.1, -0.05) is 5.92 Å². The number of alkyl halides is 1. The monoisotopic (exact) mass is 305 g/mol. The van der Waals surface area contributed by atoms with Crippen LogP contribution in [-0.2, 0) is 0 Å². The van der Waals surface area contributed by atoms with Crippen molar-refractivity contribution in [2.45, 2.75) is 18.5 Å². The fourth-order valence-electron chi connectivity index (χ4n) is 2.83. The Morgan fingerprint density at radius 3 is 3.00 bits per heavy atom. The van der Waals surface area contributed by atoms with Crippen LogP contribution < -0.4 is 21.1 Å². The van der Waals surface area contributed by atoms with E-state index in [0.717, 1.165) is 0 Å². The molecule has 118 valence electrons. The first-order valence-corrected chi connectivity index (χ1v) is 7.13. The van der Waals surface area contributed by atoms with Crippen LogP contribution >= 0.6 is 0 Å². The van der Waals surface area contributed by atoms with Crippen LogP contribution in [0.5, 0.6) is 5.75 Å². The zero-order valence-electron chi connectivity index (χ0n) is 12.5. The number of halogens is 1. The number of hydrogen-bond acceptors (Lipinski definition) is 4. The van der Waals surface area contributed by atoms with Gasteiger partial charge >= 0.3 is 0 Å². The van der Waals surface area contributed by atoms with Gasteiger partial charge in [-0.25, -0.2) is 4.39 Å². The molecule has 4 N–H and O–H groups in total. The summed E-state index contributed by atoms with van der Waals surface area (Å²) in [6.45, 7) is 1.22. The SMILES string of the molecule is C#CCNc1ccc(C(N)=O)c(C2CCNCC2F)c1OC. The highest BCUT2D eigenvalue weighted by Crippen LogP contribution is 2.41. The molecule has 2 atom stereocenters. The van der Waals surface area contributed by atoms with Crippen LogP contribution in [0.4, 0.5) is 10.1 Å². The Bertz CT molecular complexity index is 598. The van der Waals surface area contributed by atoms with E-state index >= 15 is 0 Å². The predicted molar refractivity (Wildman–Crippen MR) is 84.0 cm³/mol. The molecular weight excluding hydrogens is 285 g/mol. The van der Waals surface area contributed by atoms with E-state index < -0.39 is 18.0 Å². The molecule has 1 aliphatic heterocycles. The Morgan fingerprint density at radius 1 is 1.64 bits per heavy atom. The van der Waals surface area contributed by atoms with E-state index in [1.54, 1.807) is 12.1 Å². The first kappa shape index (κ1) is 16.1. The molecule has 0 spiro atoms. The van der Waals surface area contributed by atoms with Crippen molar-refractivity contribution in [2.75, 3.05) is 32.1 Å². The van der Waals surface area contributed by atoms with Crippen LogP contribution in [0.25, 0.3) is 0 Å². The van der Waals surface area contributed by atoms with Gasteiger partial charge in [-0.15, -0.1) is 6.42 Å². The second kappa shape index (κ2) is 7.14. The molecule has 0 saturated carbocycles. The summed E-state index contributed by atoms with van der Waals surface area (Å²) in [6.07, 6.45) is 4.71. The summed E-state index contributed by atoms with van der Waals surface area (Å²) in [5, 5.41) is 6.02. The number of hydrogen-bond donors (Lipinski definition) is 3. The summed E-state index contributed by atoms with van der Waals surface area (Å²) in [4.78, 5) is 11.7. The second-order valence-corrected chi connectivity index (χ2v) is 5.14. The van der Waals surface area contributed by atoms with Gasteiger partial charge in [-0.2, -0.15) is 0 Å². The van der Waals surface area contributed by atoms with Gasteiger partial charge in [0.05, 0.1) is 19.3 Å². The number of nitrogens with one attached hydrogen (secondary N) is 2. The molecular formula is C16H20FN3O2. The summed E-state index contributed by atoms with van der Waals surface area (Å²) in [5.74, 6) is 1.87. The van der Waals surface area contributed by atoms with Crippen LogP contribution in [0, 0.1) is 12.3 Å². The van der Waals surface area contributed by atoms with Crippen molar-refractivity contribution in [3.8, 4) is 18.1 Å². The van der Waals surface area contributed by atoms with E-state index in [-0.39, 0.29) is 12.1 Å². The maximum Gasteiger partial charge on any atom is 0.249 e. The van der Waals surface area contributed by atoms with Gasteiger partial charge in [0.15, 0.2) is 0 Å². The summed E-state index contributed by atoms with van der Waals surface area (Å²) < 4.78 is 19.8. The lowest BCUT2D eigenvalue weighted by Crippen LogP contribution is -2.37. The van der Waals surface area contributed by atoms with Gasteiger partial charge in [0.25, 0.3) is 0 Å². The number of ether oxygens (including phenoxy) is 1. The molecule has 0 radical (unpaired) electrons. The minimum atomic E-state index is -1.11. The van der Waals surface area contributed by atoms with Crippen molar-refractivity contribution in [3.63, 3.8) is 0 Å². The molecule has 1 heterocycles. The third kappa shape index (κ3) is 3.15. The largest absolute Gasteiger partial charge is 0.494 e. The first-order valence-electron chi connectivity index (χ1n) is 7.13. The minimum Gasteiger partial charge on any atom is -0.494 e. The molecule has 1 aromatic carbocycles. The Morgan fingerprint density at radius 2 is 2.41 bits per heavy atom. The van der Waals surface area contributed by atoms with Crippen molar-refractivity contribution in [1.29, 1.82) is 0 Å². The minimum absolute atomic E-state index is 0.244. The number of carbonyl (C=O) groups is 1. The fourth-order valence-corrected chi connectivity index (χ4v) is 2.83. The number of anilines is 1. The molecule has 0 bridgehead atoms. The molecule has 1 aliphatic rings. The van der Waals surface area contributed by atoms with E-state index in [1.807, 2.05) is 0 Å². The van der Waals surface area contributed by atoms with Crippen molar-refractivity contribution < 1.29 is 13.9 Å². The lowest BCUT2D eigenvalue weighted by Gasteiger charge is -2.30. The van der Waals surface area contributed by atoms with Crippen LogP contribution in [0.15, 0.2) is 12.1 Å². The molecule has 0 aliphatic carbocycles. The van der Waals surface area contributed by atoms with Gasteiger partial charge < -0.3 is 21.1 Å². The first-order chi connectivity index (χ1) is 10.6. The Labute approximate surface area is 129 Å². The van der Waals surface area contributed by atoms with Gasteiger partial charge in [0.1, 0.15) is 11.9 Å².